The molecule has 0 atom stereocenters. The molecule has 0 unspecified atom stereocenters. The van der Waals surface area contributed by atoms with Gasteiger partial charge in [-0.05, 0) is 53.6 Å². The molecular weight excluding hydrogens is 404 g/mol. The third-order valence-electron chi connectivity index (χ3n) is 4.55. The summed E-state index contributed by atoms with van der Waals surface area (Å²) in [6.07, 6.45) is 3.13. The molecule has 3 aromatic carbocycles. The molecule has 0 amide bonds. The number of ketones is 1. The van der Waals surface area contributed by atoms with Crippen molar-refractivity contribution in [1.29, 1.82) is 0 Å². The van der Waals surface area contributed by atoms with Crippen LogP contribution in [0.3, 0.4) is 0 Å². The van der Waals surface area contributed by atoms with Crippen LogP contribution in [0.1, 0.15) is 26.3 Å². The van der Waals surface area contributed by atoms with E-state index in [1.807, 2.05) is 0 Å². The summed E-state index contributed by atoms with van der Waals surface area (Å²) in [5.74, 6) is 0.0192. The molecular formula is C24H19ClO5. The van der Waals surface area contributed by atoms with Gasteiger partial charge in [-0.1, -0.05) is 35.9 Å². The molecule has 0 saturated heterocycles. The molecule has 6 heteroatoms. The van der Waals surface area contributed by atoms with Crippen molar-refractivity contribution < 1.29 is 24.2 Å². The number of aromatic carboxylic acids is 1. The van der Waals surface area contributed by atoms with Gasteiger partial charge in [0.15, 0.2) is 5.78 Å². The van der Waals surface area contributed by atoms with E-state index in [4.69, 9.17) is 21.1 Å². The summed E-state index contributed by atoms with van der Waals surface area (Å²) in [4.78, 5) is 24.0. The summed E-state index contributed by atoms with van der Waals surface area (Å²) in [6.45, 7) is 0. The van der Waals surface area contributed by atoms with E-state index in [1.165, 1.54) is 18.2 Å². The van der Waals surface area contributed by atoms with Crippen LogP contribution in [0.5, 0.6) is 11.5 Å². The van der Waals surface area contributed by atoms with Crippen LogP contribution in [-0.2, 0) is 0 Å². The number of rotatable bonds is 7. The van der Waals surface area contributed by atoms with Crippen molar-refractivity contribution in [2.45, 2.75) is 0 Å². The summed E-state index contributed by atoms with van der Waals surface area (Å²) in [6, 6.07) is 16.6. The van der Waals surface area contributed by atoms with E-state index >= 15 is 0 Å². The summed E-state index contributed by atoms with van der Waals surface area (Å²) in [5, 5.41) is 9.83. The van der Waals surface area contributed by atoms with Crippen molar-refractivity contribution in [3.63, 3.8) is 0 Å². The Bertz CT molecular complexity index is 1120. The van der Waals surface area contributed by atoms with Gasteiger partial charge in [-0.3, -0.25) is 4.79 Å². The maximum atomic E-state index is 12.6. The van der Waals surface area contributed by atoms with Gasteiger partial charge in [-0.25, -0.2) is 4.79 Å². The number of carboxylic acids is 1. The third kappa shape index (κ3) is 4.70. The number of halogens is 1. The molecule has 1 N–H and O–H groups in total. The largest absolute Gasteiger partial charge is 0.497 e. The fourth-order valence-electron chi connectivity index (χ4n) is 2.97. The molecule has 0 aliphatic heterocycles. The van der Waals surface area contributed by atoms with Crippen molar-refractivity contribution >= 4 is 29.4 Å². The number of methoxy groups -OCH3 is 2. The molecule has 152 valence electrons. The van der Waals surface area contributed by atoms with Crippen LogP contribution in [-0.4, -0.2) is 31.1 Å². The minimum absolute atomic E-state index is 0.143. The molecule has 5 nitrogen and oxygen atoms in total. The first-order chi connectivity index (χ1) is 14.4. The normalized spacial score (nSPS) is 10.8. The highest BCUT2D eigenvalue weighted by molar-refractivity contribution is 6.31. The van der Waals surface area contributed by atoms with Crippen LogP contribution < -0.4 is 9.47 Å². The van der Waals surface area contributed by atoms with Crippen molar-refractivity contribution in [2.24, 2.45) is 0 Å². The van der Waals surface area contributed by atoms with E-state index in [0.29, 0.717) is 33.2 Å². The van der Waals surface area contributed by atoms with E-state index in [9.17, 15) is 14.7 Å². The predicted molar refractivity (Wildman–Crippen MR) is 117 cm³/mol. The van der Waals surface area contributed by atoms with E-state index in [1.54, 1.807) is 68.8 Å². The molecule has 0 aliphatic rings. The number of benzene rings is 3. The number of ether oxygens (including phenoxy) is 2. The lowest BCUT2D eigenvalue weighted by Gasteiger charge is -2.08. The van der Waals surface area contributed by atoms with E-state index < -0.39 is 5.97 Å². The molecule has 0 bridgehead atoms. The van der Waals surface area contributed by atoms with Crippen LogP contribution in [0.25, 0.3) is 17.2 Å². The number of carboxylic acid groups (broad SMARTS) is 1. The molecule has 0 aliphatic carbocycles. The average Bonchev–Trinajstić information content (AvgIpc) is 2.77. The maximum absolute atomic E-state index is 12.6. The minimum atomic E-state index is -1.04. The maximum Gasteiger partial charge on any atom is 0.336 e. The molecule has 0 saturated carbocycles. The number of hydrogen-bond acceptors (Lipinski definition) is 4. The fourth-order valence-corrected chi connectivity index (χ4v) is 3.15. The molecule has 0 aromatic heterocycles. The first-order valence-electron chi connectivity index (χ1n) is 9.00. The summed E-state index contributed by atoms with van der Waals surface area (Å²) in [7, 11) is 3.12. The second kappa shape index (κ2) is 9.29. The lowest BCUT2D eigenvalue weighted by atomic mass is 9.98. The monoisotopic (exact) mass is 422 g/mol. The van der Waals surface area contributed by atoms with E-state index in [-0.39, 0.29) is 11.3 Å². The number of hydrogen-bond donors (Lipinski definition) is 1. The SMILES string of the molecule is COc1ccc(C=CC(=O)c2ccc(-c3cc(Cl)ccc3C(=O)O)cc2)c(OC)c1. The zero-order chi connectivity index (χ0) is 21.7. The molecule has 0 radical (unpaired) electrons. The first kappa shape index (κ1) is 21.1. The van der Waals surface area contributed by atoms with Crippen LogP contribution >= 0.6 is 11.6 Å². The Morgan fingerprint density at radius 1 is 0.933 bits per heavy atom. The first-order valence-corrected chi connectivity index (χ1v) is 9.38. The van der Waals surface area contributed by atoms with Crippen molar-refractivity contribution in [1.82, 2.24) is 0 Å². The number of carbonyl (C=O) groups is 2. The van der Waals surface area contributed by atoms with Gasteiger partial charge in [-0.15, -0.1) is 0 Å². The highest BCUT2D eigenvalue weighted by Gasteiger charge is 2.13. The van der Waals surface area contributed by atoms with Gasteiger partial charge in [0.2, 0.25) is 0 Å². The molecule has 0 heterocycles. The summed E-state index contributed by atoms with van der Waals surface area (Å²) < 4.78 is 10.5. The highest BCUT2D eigenvalue weighted by Crippen LogP contribution is 2.28. The lowest BCUT2D eigenvalue weighted by Crippen LogP contribution is -2.00. The van der Waals surface area contributed by atoms with E-state index in [0.717, 1.165) is 5.56 Å². The number of allylic oxidation sites excluding steroid dienone is 1. The van der Waals surface area contributed by atoms with Gasteiger partial charge in [0.05, 0.1) is 19.8 Å². The van der Waals surface area contributed by atoms with Crippen LogP contribution in [0, 0.1) is 0 Å². The third-order valence-corrected chi connectivity index (χ3v) is 4.78. The molecule has 0 spiro atoms. The minimum Gasteiger partial charge on any atom is -0.497 e. The van der Waals surface area contributed by atoms with Crippen molar-refractivity contribution in [2.75, 3.05) is 14.2 Å². The van der Waals surface area contributed by atoms with E-state index in [2.05, 4.69) is 0 Å². The zero-order valence-electron chi connectivity index (χ0n) is 16.4. The Morgan fingerprint density at radius 2 is 1.67 bits per heavy atom. The summed E-state index contributed by atoms with van der Waals surface area (Å²) >= 11 is 6.02. The van der Waals surface area contributed by atoms with Gasteiger partial charge < -0.3 is 14.6 Å². The Labute approximate surface area is 179 Å². The predicted octanol–water partition coefficient (Wildman–Crippen LogP) is 5.62. The van der Waals surface area contributed by atoms with Gasteiger partial charge in [-0.2, -0.15) is 0 Å². The Balaban J connectivity index is 1.84. The Kier molecular flexibility index (Phi) is 6.54. The Morgan fingerprint density at radius 3 is 2.30 bits per heavy atom. The molecule has 3 aromatic rings. The van der Waals surface area contributed by atoms with Crippen LogP contribution in [0.4, 0.5) is 0 Å². The lowest BCUT2D eigenvalue weighted by molar-refractivity contribution is 0.0697. The van der Waals surface area contributed by atoms with Crippen molar-refractivity contribution in [3.05, 3.63) is 88.5 Å². The number of carbonyl (C=O) groups excluding carboxylic acids is 1. The highest BCUT2D eigenvalue weighted by atomic mass is 35.5. The standard InChI is InChI=1S/C24H19ClO5/c1-29-19-10-7-17(23(14-19)30-2)8-12-22(26)16-5-3-15(4-6-16)21-13-18(25)9-11-20(21)24(27)28/h3-14H,1-2H3,(H,27,28). The summed E-state index contributed by atoms with van der Waals surface area (Å²) in [5.41, 5.74) is 2.51. The van der Waals surface area contributed by atoms with Gasteiger partial charge >= 0.3 is 5.97 Å². The molecule has 3 rings (SSSR count). The topological polar surface area (TPSA) is 72.8 Å². The Hall–Kier alpha value is -3.57. The molecule has 30 heavy (non-hydrogen) atoms. The smallest absolute Gasteiger partial charge is 0.336 e. The van der Waals surface area contributed by atoms with Gasteiger partial charge in [0.25, 0.3) is 0 Å². The zero-order valence-corrected chi connectivity index (χ0v) is 17.1. The van der Waals surface area contributed by atoms with Gasteiger partial charge in [0.1, 0.15) is 11.5 Å². The van der Waals surface area contributed by atoms with Crippen LogP contribution in [0.15, 0.2) is 66.7 Å². The van der Waals surface area contributed by atoms with Crippen molar-refractivity contribution in [3.8, 4) is 22.6 Å². The molecule has 0 fully saturated rings. The second-order valence-electron chi connectivity index (χ2n) is 6.38. The average molecular weight is 423 g/mol. The van der Waals surface area contributed by atoms with Crippen LogP contribution in [0.2, 0.25) is 5.02 Å². The fraction of sp³-hybridized carbons (Fsp3) is 0.0833. The second-order valence-corrected chi connectivity index (χ2v) is 6.81. The quantitative estimate of drug-likeness (QED) is 0.395. The van der Waals surface area contributed by atoms with Gasteiger partial charge in [0, 0.05) is 22.2 Å².